The predicted octanol–water partition coefficient (Wildman–Crippen LogP) is 1.67. The maximum atomic E-state index is 11.6. The summed E-state index contributed by atoms with van der Waals surface area (Å²) >= 11 is 5.46. The van der Waals surface area contributed by atoms with E-state index in [2.05, 4.69) is 0 Å². The lowest BCUT2D eigenvalue weighted by molar-refractivity contribution is -0.129. The third kappa shape index (κ3) is 0.914. The van der Waals surface area contributed by atoms with Crippen LogP contribution in [0.15, 0.2) is 0 Å². The van der Waals surface area contributed by atoms with Crippen molar-refractivity contribution in [2.45, 2.75) is 32.1 Å². The van der Waals surface area contributed by atoms with Crippen LogP contribution in [-0.2, 0) is 4.79 Å². The van der Waals surface area contributed by atoms with Crippen LogP contribution >= 0.6 is 12.2 Å². The Balaban J connectivity index is 2.05. The van der Waals surface area contributed by atoms with Crippen LogP contribution in [0.25, 0.3) is 0 Å². The summed E-state index contributed by atoms with van der Waals surface area (Å²) in [6.07, 6.45) is 5.67. The zero-order chi connectivity index (χ0) is 9.92. The van der Waals surface area contributed by atoms with Gasteiger partial charge in [-0.15, -0.1) is 0 Å². The smallest absolute Gasteiger partial charge is 0.228 e. The lowest BCUT2D eigenvalue weighted by Crippen LogP contribution is -2.58. The highest BCUT2D eigenvalue weighted by Gasteiger charge is 2.57. The van der Waals surface area contributed by atoms with Crippen LogP contribution < -0.4 is 5.73 Å². The number of carbonyl (C=O) groups is 1. The van der Waals surface area contributed by atoms with Gasteiger partial charge in [-0.3, -0.25) is 4.79 Å². The summed E-state index contributed by atoms with van der Waals surface area (Å²) in [6.45, 7) is 0. The summed E-state index contributed by atoms with van der Waals surface area (Å²) < 4.78 is 0. The molecule has 3 heteroatoms. The van der Waals surface area contributed by atoms with Crippen molar-refractivity contribution in [1.82, 2.24) is 0 Å². The first kappa shape index (κ1) is 8.84. The van der Waals surface area contributed by atoms with Crippen LogP contribution in [0.4, 0.5) is 0 Å². The molecule has 0 aromatic heterocycles. The summed E-state index contributed by atoms with van der Waals surface area (Å²) in [5.74, 6) is 1.84. The number of rotatable bonds is 1. The van der Waals surface area contributed by atoms with E-state index in [0.29, 0.717) is 5.92 Å². The van der Waals surface area contributed by atoms with Gasteiger partial charge in [0.1, 0.15) is 0 Å². The monoisotopic (exact) mass is 209 g/mol. The molecule has 2 N–H and O–H groups in total. The van der Waals surface area contributed by atoms with Crippen LogP contribution in [0.1, 0.15) is 32.1 Å². The van der Waals surface area contributed by atoms with E-state index in [1.807, 2.05) is 0 Å². The normalized spacial score (nSPS) is 49.7. The van der Waals surface area contributed by atoms with Crippen molar-refractivity contribution in [3.63, 3.8) is 0 Å². The number of amides is 1. The van der Waals surface area contributed by atoms with E-state index < -0.39 is 0 Å². The van der Waals surface area contributed by atoms with Crippen molar-refractivity contribution in [3.05, 3.63) is 0 Å². The molecule has 4 rings (SSSR count). The first-order valence-corrected chi connectivity index (χ1v) is 5.87. The highest BCUT2D eigenvalue weighted by molar-refractivity contribution is 7.80. The SMILES string of the molecule is NC(=O)C12C[C@@H]3CC(C[C@@H](C3)C1)C2=S. The van der Waals surface area contributed by atoms with Gasteiger partial charge in [0.25, 0.3) is 0 Å². The van der Waals surface area contributed by atoms with Gasteiger partial charge in [-0.05, 0) is 49.9 Å². The molecule has 4 atom stereocenters. The molecule has 0 spiro atoms. The molecule has 4 aliphatic rings. The summed E-state index contributed by atoms with van der Waals surface area (Å²) in [5, 5.41) is 0. The summed E-state index contributed by atoms with van der Waals surface area (Å²) in [6, 6.07) is 0. The number of nitrogens with two attached hydrogens (primary N) is 1. The van der Waals surface area contributed by atoms with E-state index in [0.717, 1.165) is 29.5 Å². The Labute approximate surface area is 89.2 Å². The Kier molecular flexibility index (Phi) is 1.62. The maximum Gasteiger partial charge on any atom is 0.228 e. The molecule has 4 bridgehead atoms. The van der Waals surface area contributed by atoms with E-state index >= 15 is 0 Å². The molecule has 14 heavy (non-hydrogen) atoms. The van der Waals surface area contributed by atoms with Gasteiger partial charge in [0.05, 0.1) is 5.41 Å². The van der Waals surface area contributed by atoms with Gasteiger partial charge in [-0.25, -0.2) is 0 Å². The fourth-order valence-corrected chi connectivity index (χ4v) is 4.56. The van der Waals surface area contributed by atoms with Crippen molar-refractivity contribution < 1.29 is 4.79 Å². The molecule has 0 aliphatic heterocycles. The van der Waals surface area contributed by atoms with Gasteiger partial charge in [0, 0.05) is 4.86 Å². The van der Waals surface area contributed by atoms with Gasteiger partial charge in [-0.1, -0.05) is 12.2 Å². The molecule has 76 valence electrons. The Bertz CT molecular complexity index is 311. The Morgan fingerprint density at radius 2 is 1.86 bits per heavy atom. The molecule has 4 aliphatic carbocycles. The first-order valence-electron chi connectivity index (χ1n) is 5.46. The van der Waals surface area contributed by atoms with Gasteiger partial charge in [0.2, 0.25) is 5.91 Å². The molecule has 0 heterocycles. The first-order chi connectivity index (χ1) is 6.62. The van der Waals surface area contributed by atoms with Crippen LogP contribution in [0.3, 0.4) is 0 Å². The molecule has 1 amide bonds. The highest BCUT2D eigenvalue weighted by Crippen LogP contribution is 2.58. The van der Waals surface area contributed by atoms with E-state index in [1.165, 1.54) is 19.3 Å². The average Bonchev–Trinajstić information content (AvgIpc) is 2.12. The zero-order valence-corrected chi connectivity index (χ0v) is 8.98. The third-order valence-electron chi connectivity index (χ3n) is 4.49. The predicted molar refractivity (Wildman–Crippen MR) is 57.8 cm³/mol. The van der Waals surface area contributed by atoms with Crippen molar-refractivity contribution in [2.24, 2.45) is 28.9 Å². The number of hydrogen-bond acceptors (Lipinski definition) is 2. The van der Waals surface area contributed by atoms with Crippen LogP contribution in [0, 0.1) is 23.2 Å². The molecule has 4 fully saturated rings. The van der Waals surface area contributed by atoms with Gasteiger partial charge in [-0.2, -0.15) is 0 Å². The Morgan fingerprint density at radius 1 is 1.29 bits per heavy atom. The summed E-state index contributed by atoms with van der Waals surface area (Å²) in [4.78, 5) is 12.6. The maximum absolute atomic E-state index is 11.6. The second-order valence-electron chi connectivity index (χ2n) is 5.35. The fraction of sp³-hybridized carbons (Fsp3) is 0.818. The lowest BCUT2D eigenvalue weighted by atomic mass is 9.49. The van der Waals surface area contributed by atoms with Crippen LogP contribution in [0.2, 0.25) is 0 Å². The van der Waals surface area contributed by atoms with E-state index in [9.17, 15) is 4.79 Å². The van der Waals surface area contributed by atoms with Crippen LogP contribution in [0.5, 0.6) is 0 Å². The highest BCUT2D eigenvalue weighted by atomic mass is 32.1. The van der Waals surface area contributed by atoms with Crippen LogP contribution in [-0.4, -0.2) is 10.8 Å². The molecule has 0 aromatic carbocycles. The Morgan fingerprint density at radius 3 is 2.36 bits per heavy atom. The van der Waals surface area contributed by atoms with Crippen molar-refractivity contribution in [1.29, 1.82) is 0 Å². The molecule has 2 nitrogen and oxygen atoms in total. The van der Waals surface area contributed by atoms with E-state index in [-0.39, 0.29) is 11.3 Å². The topological polar surface area (TPSA) is 43.1 Å². The second-order valence-corrected chi connectivity index (χ2v) is 5.79. The number of thiocarbonyl (C=S) groups is 1. The third-order valence-corrected chi connectivity index (χ3v) is 5.21. The fourth-order valence-electron chi connectivity index (χ4n) is 4.10. The summed E-state index contributed by atoms with van der Waals surface area (Å²) in [5.41, 5.74) is 5.18. The van der Waals surface area contributed by atoms with Gasteiger partial charge < -0.3 is 5.73 Å². The van der Waals surface area contributed by atoms with Crippen molar-refractivity contribution >= 4 is 23.0 Å². The molecule has 4 saturated carbocycles. The quantitative estimate of drug-likeness (QED) is 0.667. The minimum Gasteiger partial charge on any atom is -0.369 e. The molecule has 0 aromatic rings. The van der Waals surface area contributed by atoms with Gasteiger partial charge >= 0.3 is 0 Å². The van der Waals surface area contributed by atoms with Gasteiger partial charge in [0.15, 0.2) is 0 Å². The van der Waals surface area contributed by atoms with Crippen molar-refractivity contribution in [2.75, 3.05) is 0 Å². The zero-order valence-electron chi connectivity index (χ0n) is 8.16. The molecular weight excluding hydrogens is 194 g/mol. The van der Waals surface area contributed by atoms with E-state index in [1.54, 1.807) is 0 Å². The van der Waals surface area contributed by atoms with Crippen molar-refractivity contribution in [3.8, 4) is 0 Å². The second kappa shape index (κ2) is 2.57. The van der Waals surface area contributed by atoms with E-state index in [4.69, 9.17) is 18.0 Å². The summed E-state index contributed by atoms with van der Waals surface area (Å²) in [7, 11) is 0. The standard InChI is InChI=1S/C11H15NOS/c12-10(13)11-4-6-1-7(5-11)3-8(2-6)9(11)14/h6-8H,1-5H2,(H2,12,13)/t6-,7+,8?,11?. The molecule has 2 unspecified atom stereocenters. The molecular formula is C11H15NOS. The number of carbonyl (C=O) groups excluding carboxylic acids is 1. The minimum absolute atomic E-state index is 0.151. The lowest BCUT2D eigenvalue weighted by Gasteiger charge is -2.55. The number of hydrogen-bond donors (Lipinski definition) is 1. The Hall–Kier alpha value is -0.440. The average molecular weight is 209 g/mol. The molecule has 0 radical (unpaired) electrons. The number of primary amides is 1. The molecule has 0 saturated heterocycles. The minimum atomic E-state index is -0.371. The largest absolute Gasteiger partial charge is 0.369 e.